The van der Waals surface area contributed by atoms with Crippen molar-refractivity contribution in [2.45, 2.75) is 32.7 Å². The van der Waals surface area contributed by atoms with E-state index in [1.165, 1.54) is 16.1 Å². The van der Waals surface area contributed by atoms with Crippen molar-refractivity contribution in [3.63, 3.8) is 0 Å². The molecule has 0 aliphatic heterocycles. The number of benzene rings is 1. The van der Waals surface area contributed by atoms with Crippen LogP contribution in [-0.4, -0.2) is 31.6 Å². The minimum absolute atomic E-state index is 0.0155. The van der Waals surface area contributed by atoms with Crippen LogP contribution in [0.5, 0.6) is 0 Å². The topological polar surface area (TPSA) is 65.8 Å². The lowest BCUT2D eigenvalue weighted by atomic mass is 10.1. The zero-order chi connectivity index (χ0) is 19.8. The summed E-state index contributed by atoms with van der Waals surface area (Å²) in [7, 11) is 1.61. The van der Waals surface area contributed by atoms with Crippen molar-refractivity contribution >= 4 is 22.1 Å². The van der Waals surface area contributed by atoms with Crippen LogP contribution in [0.25, 0.3) is 33.4 Å². The van der Waals surface area contributed by atoms with E-state index in [4.69, 9.17) is 4.52 Å². The Morgan fingerprint density at radius 1 is 1.21 bits per heavy atom. The highest BCUT2D eigenvalue weighted by molar-refractivity contribution is 5.85. The molecular formula is C20H18F2N4O2. The summed E-state index contributed by atoms with van der Waals surface area (Å²) in [6.45, 7) is 3.37. The van der Waals surface area contributed by atoms with E-state index in [0.717, 1.165) is 16.6 Å². The molecule has 1 aromatic carbocycles. The molecule has 8 heteroatoms. The van der Waals surface area contributed by atoms with Crippen LogP contribution < -0.4 is 5.69 Å². The Morgan fingerprint density at radius 2 is 1.96 bits per heavy atom. The van der Waals surface area contributed by atoms with Crippen LogP contribution in [0.3, 0.4) is 0 Å². The molecule has 3 heterocycles. The van der Waals surface area contributed by atoms with Crippen LogP contribution in [0, 0.1) is 12.3 Å². The quantitative estimate of drug-likeness (QED) is 0.542. The third-order valence-electron chi connectivity index (χ3n) is 5.83. The van der Waals surface area contributed by atoms with E-state index < -0.39 is 17.8 Å². The van der Waals surface area contributed by atoms with Gasteiger partial charge < -0.3 is 4.52 Å². The highest BCUT2D eigenvalue weighted by Gasteiger charge is 2.64. The summed E-state index contributed by atoms with van der Waals surface area (Å²) in [4.78, 5) is 17.3. The number of nitrogens with zero attached hydrogens (tertiary/aromatic N) is 4. The van der Waals surface area contributed by atoms with E-state index in [2.05, 4.69) is 10.1 Å². The average Bonchev–Trinajstić information content (AvgIpc) is 2.99. The lowest BCUT2D eigenvalue weighted by molar-refractivity contribution is 0.331. The molecule has 5 rings (SSSR count). The van der Waals surface area contributed by atoms with Gasteiger partial charge in [0.1, 0.15) is 12.3 Å². The highest BCUT2D eigenvalue weighted by atomic mass is 19.2. The van der Waals surface area contributed by atoms with Crippen LogP contribution in [0.1, 0.15) is 12.6 Å². The minimum Gasteiger partial charge on any atom is -0.356 e. The maximum absolute atomic E-state index is 13.7. The van der Waals surface area contributed by atoms with Gasteiger partial charge in [-0.2, -0.15) is 0 Å². The predicted molar refractivity (Wildman–Crippen MR) is 101 cm³/mol. The molecule has 28 heavy (non-hydrogen) atoms. The van der Waals surface area contributed by atoms with Gasteiger partial charge in [0.05, 0.1) is 22.3 Å². The maximum atomic E-state index is 13.7. The first kappa shape index (κ1) is 17.1. The number of aryl methyl sites for hydroxylation is 2. The standard InChI is InChI=1S/C20H18F2N4O2/c1-10-12-8-11(4-7-15(12)28-24-10)13-5-6-14-18(23-13)25(3)19(27)26(14)9-20(2)16(21)17(20)22/h4-8,16-17H,9H2,1-3H3. The van der Waals surface area contributed by atoms with Gasteiger partial charge in [0.25, 0.3) is 0 Å². The molecule has 2 atom stereocenters. The molecule has 0 spiro atoms. The Kier molecular flexibility index (Phi) is 3.36. The first-order valence-electron chi connectivity index (χ1n) is 9.02. The summed E-state index contributed by atoms with van der Waals surface area (Å²) in [5.74, 6) is 0. The Morgan fingerprint density at radius 3 is 2.68 bits per heavy atom. The number of imidazole rings is 1. The number of alkyl halides is 2. The maximum Gasteiger partial charge on any atom is 0.330 e. The lowest BCUT2D eigenvalue weighted by Gasteiger charge is -2.09. The Bertz CT molecular complexity index is 1300. The van der Waals surface area contributed by atoms with Gasteiger partial charge in [-0.25, -0.2) is 18.6 Å². The van der Waals surface area contributed by atoms with Crippen molar-refractivity contribution in [1.29, 1.82) is 0 Å². The molecule has 0 amide bonds. The van der Waals surface area contributed by atoms with Crippen LogP contribution in [0.15, 0.2) is 39.6 Å². The van der Waals surface area contributed by atoms with Crippen molar-refractivity contribution in [2.75, 3.05) is 0 Å². The van der Waals surface area contributed by atoms with Crippen molar-refractivity contribution in [1.82, 2.24) is 19.3 Å². The van der Waals surface area contributed by atoms with Gasteiger partial charge in [0, 0.05) is 24.5 Å². The first-order chi connectivity index (χ1) is 13.3. The number of hydrogen-bond acceptors (Lipinski definition) is 4. The second-order valence-corrected chi connectivity index (χ2v) is 7.76. The number of halogens is 2. The molecule has 0 bridgehead atoms. The molecule has 6 nitrogen and oxygen atoms in total. The second kappa shape index (κ2) is 5.50. The Hall–Kier alpha value is -3.03. The summed E-state index contributed by atoms with van der Waals surface area (Å²) in [5.41, 5.74) is 2.57. The molecule has 144 valence electrons. The van der Waals surface area contributed by atoms with Gasteiger partial charge in [-0.15, -0.1) is 0 Å². The van der Waals surface area contributed by atoms with E-state index in [0.29, 0.717) is 22.4 Å². The first-order valence-corrected chi connectivity index (χ1v) is 9.02. The zero-order valence-electron chi connectivity index (χ0n) is 15.6. The summed E-state index contributed by atoms with van der Waals surface area (Å²) in [6.07, 6.45) is -3.08. The summed E-state index contributed by atoms with van der Waals surface area (Å²) in [6, 6.07) is 9.23. The van der Waals surface area contributed by atoms with Crippen LogP contribution >= 0.6 is 0 Å². The molecule has 0 saturated heterocycles. The molecule has 3 aromatic heterocycles. The van der Waals surface area contributed by atoms with Gasteiger partial charge in [0.15, 0.2) is 11.2 Å². The SMILES string of the molecule is Cc1noc2ccc(-c3ccc4c(n3)n(C)c(=O)n4CC3(C)C(F)C3F)cc12. The van der Waals surface area contributed by atoms with Crippen LogP contribution in [-0.2, 0) is 13.6 Å². The summed E-state index contributed by atoms with van der Waals surface area (Å²) < 4.78 is 35.4. The molecular weight excluding hydrogens is 366 g/mol. The highest BCUT2D eigenvalue weighted by Crippen LogP contribution is 2.52. The van der Waals surface area contributed by atoms with Crippen molar-refractivity contribution in [3.8, 4) is 11.3 Å². The molecule has 2 unspecified atom stereocenters. The normalized spacial score (nSPS) is 24.3. The minimum atomic E-state index is -1.54. The van der Waals surface area contributed by atoms with Crippen molar-refractivity contribution in [3.05, 3.63) is 46.5 Å². The fourth-order valence-electron chi connectivity index (χ4n) is 3.77. The number of fused-ring (bicyclic) bond motifs is 2. The third kappa shape index (κ3) is 2.20. The number of aromatic nitrogens is 4. The second-order valence-electron chi connectivity index (χ2n) is 7.76. The van der Waals surface area contributed by atoms with Gasteiger partial charge in [-0.05, 0) is 37.3 Å². The fourth-order valence-corrected chi connectivity index (χ4v) is 3.77. The van der Waals surface area contributed by atoms with E-state index in [9.17, 15) is 13.6 Å². The van der Waals surface area contributed by atoms with E-state index in [1.807, 2.05) is 25.1 Å². The van der Waals surface area contributed by atoms with Gasteiger partial charge in [-0.3, -0.25) is 9.13 Å². The van der Waals surface area contributed by atoms with E-state index in [1.54, 1.807) is 19.2 Å². The van der Waals surface area contributed by atoms with Crippen LogP contribution in [0.2, 0.25) is 0 Å². The predicted octanol–water partition coefficient (Wildman–Crippen LogP) is 3.55. The number of pyridine rings is 1. The van der Waals surface area contributed by atoms with Crippen molar-refractivity contribution in [2.24, 2.45) is 12.5 Å². The Balaban J connectivity index is 1.62. The molecule has 0 radical (unpaired) electrons. The average molecular weight is 384 g/mol. The lowest BCUT2D eigenvalue weighted by Crippen LogP contribution is -2.26. The van der Waals surface area contributed by atoms with Gasteiger partial charge >= 0.3 is 5.69 Å². The number of hydrogen-bond donors (Lipinski definition) is 0. The zero-order valence-corrected chi connectivity index (χ0v) is 15.6. The van der Waals surface area contributed by atoms with Crippen molar-refractivity contribution < 1.29 is 13.3 Å². The van der Waals surface area contributed by atoms with Gasteiger partial charge in [-0.1, -0.05) is 12.1 Å². The fraction of sp³-hybridized carbons (Fsp3) is 0.350. The summed E-state index contributed by atoms with van der Waals surface area (Å²) >= 11 is 0. The van der Waals surface area contributed by atoms with Crippen LogP contribution in [0.4, 0.5) is 8.78 Å². The molecule has 1 aliphatic carbocycles. The summed E-state index contributed by atoms with van der Waals surface area (Å²) in [5, 5.41) is 4.85. The molecule has 4 aromatic rings. The Labute approximate surface area is 158 Å². The number of rotatable bonds is 3. The third-order valence-corrected chi connectivity index (χ3v) is 5.83. The molecule has 1 saturated carbocycles. The smallest absolute Gasteiger partial charge is 0.330 e. The monoisotopic (exact) mass is 384 g/mol. The van der Waals surface area contributed by atoms with E-state index in [-0.39, 0.29) is 12.2 Å². The molecule has 1 aliphatic rings. The largest absolute Gasteiger partial charge is 0.356 e. The van der Waals surface area contributed by atoms with E-state index >= 15 is 0 Å². The molecule has 1 fully saturated rings. The van der Waals surface area contributed by atoms with Gasteiger partial charge in [0.2, 0.25) is 0 Å². The molecule has 0 N–H and O–H groups in total.